The topological polar surface area (TPSA) is 64.4 Å². The lowest BCUT2D eigenvalue weighted by atomic mass is 10.0. The Bertz CT molecular complexity index is 4220. The molecule has 1 atom stereocenters. The highest BCUT2D eigenvalue weighted by atomic mass is 15.3. The van der Waals surface area contributed by atoms with Crippen LogP contribution >= 0.6 is 0 Å². The molecular formula is C64H43N7. The van der Waals surface area contributed by atoms with Crippen molar-refractivity contribution in [2.24, 2.45) is 9.98 Å². The van der Waals surface area contributed by atoms with Gasteiger partial charge in [-0.1, -0.05) is 164 Å². The van der Waals surface area contributed by atoms with Crippen molar-refractivity contribution in [3.63, 3.8) is 0 Å². The summed E-state index contributed by atoms with van der Waals surface area (Å²) >= 11 is 0. The molecule has 4 heterocycles. The Hall–Kier alpha value is -9.59. The maximum absolute atomic E-state index is 5.09. The zero-order chi connectivity index (χ0) is 46.8. The number of benzene rings is 10. The third-order valence-corrected chi connectivity index (χ3v) is 14.0. The van der Waals surface area contributed by atoms with Gasteiger partial charge in [-0.3, -0.25) is 0 Å². The molecule has 0 bridgehead atoms. The zero-order valence-electron chi connectivity index (χ0n) is 38.4. The lowest BCUT2D eigenvalue weighted by Gasteiger charge is -2.24. The first-order valence-electron chi connectivity index (χ1n) is 24.0. The summed E-state index contributed by atoms with van der Waals surface area (Å²) in [4.78, 5) is 10.1. The Kier molecular flexibility index (Phi) is 9.45. The van der Waals surface area contributed by atoms with Crippen LogP contribution in [0.5, 0.6) is 0 Å². The predicted octanol–water partition coefficient (Wildman–Crippen LogP) is 15.0. The molecule has 3 aromatic heterocycles. The van der Waals surface area contributed by atoms with Gasteiger partial charge in [-0.25, -0.2) is 14.7 Å². The normalized spacial score (nSPS) is 13.8. The van der Waals surface area contributed by atoms with E-state index in [0.29, 0.717) is 5.84 Å². The second-order valence-corrected chi connectivity index (χ2v) is 18.1. The summed E-state index contributed by atoms with van der Waals surface area (Å²) < 4.78 is 6.85. The van der Waals surface area contributed by atoms with E-state index in [0.717, 1.165) is 78.2 Å². The highest BCUT2D eigenvalue weighted by Crippen LogP contribution is 2.41. The third-order valence-electron chi connectivity index (χ3n) is 14.0. The number of aliphatic imine (C=N–C) groups is 2. The van der Waals surface area contributed by atoms with E-state index in [2.05, 4.69) is 227 Å². The number of amidine groups is 2. The lowest BCUT2D eigenvalue weighted by molar-refractivity contribution is 0.674. The van der Waals surface area contributed by atoms with Crippen LogP contribution in [0.15, 0.2) is 259 Å². The number of hydrogen-bond acceptors (Lipinski definition) is 4. The highest BCUT2D eigenvalue weighted by Gasteiger charge is 2.23. The van der Waals surface area contributed by atoms with Gasteiger partial charge in [0.2, 0.25) is 0 Å². The Labute approximate surface area is 409 Å². The molecule has 0 spiro atoms. The van der Waals surface area contributed by atoms with Crippen LogP contribution in [0, 0.1) is 0 Å². The number of rotatable bonds is 8. The van der Waals surface area contributed by atoms with Gasteiger partial charge in [0.1, 0.15) is 12.0 Å². The van der Waals surface area contributed by atoms with E-state index in [9.17, 15) is 0 Å². The van der Waals surface area contributed by atoms with Crippen molar-refractivity contribution in [1.29, 1.82) is 0 Å². The molecule has 0 radical (unpaired) electrons. The van der Waals surface area contributed by atoms with Crippen LogP contribution in [0.1, 0.15) is 22.9 Å². The van der Waals surface area contributed by atoms with Crippen molar-refractivity contribution >= 4 is 66.2 Å². The summed E-state index contributed by atoms with van der Waals surface area (Å²) in [6.45, 7) is 0. The molecule has 1 unspecified atom stereocenters. The molecule has 71 heavy (non-hydrogen) atoms. The monoisotopic (exact) mass is 909 g/mol. The molecule has 0 saturated heterocycles. The molecule has 1 aliphatic heterocycles. The highest BCUT2D eigenvalue weighted by molar-refractivity contribution is 6.19. The number of nitrogens with zero attached hydrogens (tertiary/aromatic N) is 6. The Balaban J connectivity index is 0.886. The smallest absolute Gasteiger partial charge is 0.159 e. The molecule has 13 aromatic rings. The third kappa shape index (κ3) is 6.85. The first-order chi connectivity index (χ1) is 35.2. The number of aromatic nitrogens is 4. The minimum atomic E-state index is -0.272. The van der Waals surface area contributed by atoms with E-state index >= 15 is 0 Å². The van der Waals surface area contributed by atoms with Crippen molar-refractivity contribution in [3.8, 4) is 39.3 Å². The molecule has 1 aliphatic rings. The summed E-state index contributed by atoms with van der Waals surface area (Å²) in [5.74, 6) is 1.49. The largest absolute Gasteiger partial charge is 0.344 e. The SMILES string of the molecule is c1ccc(C2=NC(c3ccccc3)NC(c3cccc(-c4ccc(-n5c6ccc(-c7ccc8c9ccccc9n(-c9ccccc9)c8c7)cc6c6ccc7c(cnn7-c7ccccc7)c65)cc4)c3)=N2)cc1. The average Bonchev–Trinajstić information content (AvgIpc) is 4.14. The van der Waals surface area contributed by atoms with E-state index in [1.165, 1.54) is 38.1 Å². The summed E-state index contributed by atoms with van der Waals surface area (Å²) in [6, 6.07) is 86.2. The molecule has 0 aliphatic carbocycles. The average molecular weight is 910 g/mol. The molecule has 0 saturated carbocycles. The van der Waals surface area contributed by atoms with Gasteiger partial charge in [0.05, 0.1) is 39.5 Å². The molecular weight excluding hydrogens is 867 g/mol. The number of nitrogens with one attached hydrogen (secondary N) is 1. The van der Waals surface area contributed by atoms with Gasteiger partial charge in [-0.2, -0.15) is 5.10 Å². The van der Waals surface area contributed by atoms with Gasteiger partial charge < -0.3 is 14.5 Å². The predicted molar refractivity (Wildman–Crippen MR) is 292 cm³/mol. The van der Waals surface area contributed by atoms with E-state index < -0.39 is 0 Å². The van der Waals surface area contributed by atoms with Crippen molar-refractivity contribution in [3.05, 3.63) is 266 Å². The van der Waals surface area contributed by atoms with Gasteiger partial charge in [0.15, 0.2) is 5.84 Å². The fourth-order valence-corrected chi connectivity index (χ4v) is 10.6. The Morgan fingerprint density at radius 3 is 1.73 bits per heavy atom. The Morgan fingerprint density at radius 1 is 0.352 bits per heavy atom. The van der Waals surface area contributed by atoms with Crippen LogP contribution in [0.25, 0.3) is 93.8 Å². The van der Waals surface area contributed by atoms with Gasteiger partial charge in [0, 0.05) is 49.4 Å². The first-order valence-corrected chi connectivity index (χ1v) is 24.0. The molecule has 1 N–H and O–H groups in total. The van der Waals surface area contributed by atoms with E-state index in [1.807, 2.05) is 41.2 Å². The van der Waals surface area contributed by atoms with Crippen molar-refractivity contribution in [2.75, 3.05) is 0 Å². The molecule has 14 rings (SSSR count). The van der Waals surface area contributed by atoms with Crippen molar-refractivity contribution < 1.29 is 0 Å². The van der Waals surface area contributed by atoms with Crippen molar-refractivity contribution in [2.45, 2.75) is 6.17 Å². The van der Waals surface area contributed by atoms with Crippen LogP contribution < -0.4 is 5.32 Å². The second kappa shape index (κ2) is 16.6. The minimum Gasteiger partial charge on any atom is -0.344 e. The molecule has 0 amide bonds. The van der Waals surface area contributed by atoms with E-state index in [-0.39, 0.29) is 6.17 Å². The summed E-state index contributed by atoms with van der Waals surface area (Å²) in [5.41, 5.74) is 16.5. The molecule has 7 nitrogen and oxygen atoms in total. The summed E-state index contributed by atoms with van der Waals surface area (Å²) in [7, 11) is 0. The van der Waals surface area contributed by atoms with Gasteiger partial charge in [0.25, 0.3) is 0 Å². The quantitative estimate of drug-likeness (QED) is 0.165. The fourth-order valence-electron chi connectivity index (χ4n) is 10.6. The van der Waals surface area contributed by atoms with Crippen LogP contribution in [0.2, 0.25) is 0 Å². The van der Waals surface area contributed by atoms with E-state index in [4.69, 9.17) is 15.1 Å². The van der Waals surface area contributed by atoms with Crippen molar-refractivity contribution in [1.82, 2.24) is 24.2 Å². The van der Waals surface area contributed by atoms with Crippen LogP contribution in [-0.2, 0) is 0 Å². The van der Waals surface area contributed by atoms with Gasteiger partial charge >= 0.3 is 0 Å². The molecule has 10 aromatic carbocycles. The molecule has 7 heteroatoms. The van der Waals surface area contributed by atoms with Crippen LogP contribution in [0.3, 0.4) is 0 Å². The number of hydrogen-bond donors (Lipinski definition) is 1. The number of fused-ring (bicyclic) bond motifs is 8. The zero-order valence-corrected chi connectivity index (χ0v) is 38.4. The van der Waals surface area contributed by atoms with Gasteiger partial charge in [-0.05, 0) is 107 Å². The lowest BCUT2D eigenvalue weighted by Crippen LogP contribution is -2.33. The van der Waals surface area contributed by atoms with E-state index in [1.54, 1.807) is 0 Å². The standard InChI is InChI=1S/C64H43N7/c1-5-16-43(17-6-1)62-66-63(44-18-7-2-8-19-44)68-64(67-62)48-21-15-20-45(38-48)42-28-32-50(33-29-42)70-58-36-31-46(39-55(58)54-35-37-59-56(61(54)70)41-65-71(59)51-24-11-4-12-25-51)47-30-34-53-52-26-13-14-27-57(52)69(60(53)40-47)49-22-9-3-10-23-49/h1-41,62H,(H,66,67,68). The molecule has 334 valence electrons. The fraction of sp³-hybridized carbons (Fsp3) is 0.0156. The maximum Gasteiger partial charge on any atom is 0.159 e. The first kappa shape index (κ1) is 40.5. The molecule has 0 fully saturated rings. The Morgan fingerprint density at radius 2 is 0.930 bits per heavy atom. The number of para-hydroxylation sites is 3. The maximum atomic E-state index is 5.09. The summed E-state index contributed by atoms with van der Waals surface area (Å²) in [5, 5.41) is 14.6. The van der Waals surface area contributed by atoms with Crippen LogP contribution in [0.4, 0.5) is 0 Å². The summed E-state index contributed by atoms with van der Waals surface area (Å²) in [6.07, 6.45) is 1.75. The second-order valence-electron chi connectivity index (χ2n) is 18.1. The minimum absolute atomic E-state index is 0.272. The van der Waals surface area contributed by atoms with Crippen LogP contribution in [-0.4, -0.2) is 30.6 Å². The van der Waals surface area contributed by atoms with Gasteiger partial charge in [-0.15, -0.1) is 0 Å².